The Balaban J connectivity index is 2.96. The van der Waals surface area contributed by atoms with E-state index in [1.54, 1.807) is 14.0 Å². The molecule has 0 saturated carbocycles. The molecule has 0 aliphatic heterocycles. The molecule has 0 bridgehead atoms. The fourth-order valence-corrected chi connectivity index (χ4v) is 1.83. The molecule has 84 valence electrons. The minimum atomic E-state index is -0.630. The third-order valence-electron chi connectivity index (χ3n) is 2.74. The first-order chi connectivity index (χ1) is 7.54. The van der Waals surface area contributed by atoms with Gasteiger partial charge in [-0.1, -0.05) is 0 Å². The monoisotopic (exact) mass is 222 g/mol. The van der Waals surface area contributed by atoms with Gasteiger partial charge in [0.1, 0.15) is 11.3 Å². The highest BCUT2D eigenvalue weighted by Crippen LogP contribution is 2.29. The highest BCUT2D eigenvalue weighted by molar-refractivity contribution is 5.93. The lowest BCUT2D eigenvalue weighted by atomic mass is 10.1. The van der Waals surface area contributed by atoms with Crippen LogP contribution >= 0.6 is 0 Å². The molecule has 0 spiro atoms. The van der Waals surface area contributed by atoms with Crippen LogP contribution in [0.15, 0.2) is 12.1 Å². The van der Waals surface area contributed by atoms with Crippen LogP contribution in [0.25, 0.3) is 10.9 Å². The summed E-state index contributed by atoms with van der Waals surface area (Å²) in [4.78, 5) is 4.14. The van der Waals surface area contributed by atoms with E-state index in [2.05, 4.69) is 10.3 Å². The zero-order chi connectivity index (χ0) is 11.9. The Morgan fingerprint density at radius 3 is 2.50 bits per heavy atom. The number of aryl methyl sites for hydroxylation is 1. The van der Waals surface area contributed by atoms with E-state index in [-0.39, 0.29) is 5.52 Å². The molecule has 0 aliphatic carbocycles. The molecular formula is C12H12F2N2. The Morgan fingerprint density at radius 2 is 1.88 bits per heavy atom. The van der Waals surface area contributed by atoms with Crippen LogP contribution < -0.4 is 5.32 Å². The summed E-state index contributed by atoms with van der Waals surface area (Å²) in [6, 6.07) is 2.15. The first kappa shape index (κ1) is 10.8. The van der Waals surface area contributed by atoms with Gasteiger partial charge < -0.3 is 5.32 Å². The molecule has 0 aliphatic rings. The van der Waals surface area contributed by atoms with Crippen molar-refractivity contribution in [2.24, 2.45) is 0 Å². The summed E-state index contributed by atoms with van der Waals surface area (Å²) in [5.74, 6) is -1.22. The highest BCUT2D eigenvalue weighted by Gasteiger charge is 2.12. The lowest BCUT2D eigenvalue weighted by Crippen LogP contribution is -2.00. The quantitative estimate of drug-likeness (QED) is 0.801. The number of halogens is 2. The van der Waals surface area contributed by atoms with E-state index in [0.717, 1.165) is 23.0 Å². The van der Waals surface area contributed by atoms with E-state index in [4.69, 9.17) is 0 Å². The molecule has 2 rings (SSSR count). The molecule has 1 aromatic heterocycles. The maximum Gasteiger partial charge on any atom is 0.152 e. The average molecular weight is 222 g/mol. The van der Waals surface area contributed by atoms with Crippen LogP contribution in [-0.2, 0) is 0 Å². The maximum atomic E-state index is 13.5. The van der Waals surface area contributed by atoms with Crippen molar-refractivity contribution in [1.82, 2.24) is 4.98 Å². The third-order valence-corrected chi connectivity index (χ3v) is 2.74. The van der Waals surface area contributed by atoms with Gasteiger partial charge >= 0.3 is 0 Å². The summed E-state index contributed by atoms with van der Waals surface area (Å²) in [5, 5.41) is 3.44. The SMILES string of the molecule is CNc1c(C)c(C)nc2c(F)cc(F)cc12. The standard InChI is InChI=1S/C12H12F2N2/c1-6-7(2)16-12-9(11(6)15-3)4-8(13)5-10(12)14/h4-5H,1-3H3,(H,15,16). The Bertz CT molecular complexity index is 565. The van der Waals surface area contributed by atoms with Crippen LogP contribution in [0.2, 0.25) is 0 Å². The average Bonchev–Trinajstić information content (AvgIpc) is 2.22. The number of benzene rings is 1. The number of pyridine rings is 1. The third kappa shape index (κ3) is 1.50. The number of nitrogens with one attached hydrogen (secondary N) is 1. The zero-order valence-electron chi connectivity index (χ0n) is 9.36. The fraction of sp³-hybridized carbons (Fsp3) is 0.250. The van der Waals surface area contributed by atoms with Gasteiger partial charge in [0.2, 0.25) is 0 Å². The van der Waals surface area contributed by atoms with Crippen molar-refractivity contribution in [3.05, 3.63) is 35.0 Å². The second-order valence-electron chi connectivity index (χ2n) is 3.73. The number of rotatable bonds is 1. The van der Waals surface area contributed by atoms with E-state index in [1.165, 1.54) is 6.07 Å². The molecule has 1 aromatic carbocycles. The fourth-order valence-electron chi connectivity index (χ4n) is 1.83. The number of hydrogen-bond donors (Lipinski definition) is 1. The Kier molecular flexibility index (Phi) is 2.50. The van der Waals surface area contributed by atoms with Crippen molar-refractivity contribution in [2.45, 2.75) is 13.8 Å². The van der Waals surface area contributed by atoms with E-state index >= 15 is 0 Å². The van der Waals surface area contributed by atoms with Gasteiger partial charge in [0.25, 0.3) is 0 Å². The summed E-state index contributed by atoms with van der Waals surface area (Å²) in [7, 11) is 1.73. The molecule has 0 atom stereocenters. The van der Waals surface area contributed by atoms with Gasteiger partial charge in [-0.2, -0.15) is 0 Å². The minimum absolute atomic E-state index is 0.203. The van der Waals surface area contributed by atoms with E-state index in [0.29, 0.717) is 5.39 Å². The number of hydrogen-bond acceptors (Lipinski definition) is 2. The van der Waals surface area contributed by atoms with Gasteiger partial charge in [0, 0.05) is 29.9 Å². The number of nitrogens with zero attached hydrogens (tertiary/aromatic N) is 1. The van der Waals surface area contributed by atoms with Gasteiger partial charge in [0.05, 0.1) is 0 Å². The number of anilines is 1. The van der Waals surface area contributed by atoms with E-state index < -0.39 is 11.6 Å². The predicted molar refractivity (Wildman–Crippen MR) is 60.7 cm³/mol. The predicted octanol–water partition coefficient (Wildman–Crippen LogP) is 3.17. The molecule has 16 heavy (non-hydrogen) atoms. The van der Waals surface area contributed by atoms with Gasteiger partial charge in [-0.3, -0.25) is 0 Å². The van der Waals surface area contributed by atoms with Crippen molar-refractivity contribution >= 4 is 16.6 Å². The van der Waals surface area contributed by atoms with Crippen LogP contribution in [0.5, 0.6) is 0 Å². The topological polar surface area (TPSA) is 24.9 Å². The first-order valence-corrected chi connectivity index (χ1v) is 4.98. The maximum absolute atomic E-state index is 13.5. The molecule has 1 N–H and O–H groups in total. The van der Waals surface area contributed by atoms with E-state index in [1.807, 2.05) is 6.92 Å². The zero-order valence-corrected chi connectivity index (χ0v) is 9.36. The number of aromatic nitrogens is 1. The van der Waals surface area contributed by atoms with Crippen LogP contribution in [0.3, 0.4) is 0 Å². The van der Waals surface area contributed by atoms with Crippen LogP contribution in [0.1, 0.15) is 11.3 Å². The summed E-state index contributed by atoms with van der Waals surface area (Å²) in [5.41, 5.74) is 2.57. The summed E-state index contributed by atoms with van der Waals surface area (Å²) >= 11 is 0. The highest BCUT2D eigenvalue weighted by atomic mass is 19.1. The van der Waals surface area contributed by atoms with Crippen molar-refractivity contribution < 1.29 is 8.78 Å². The Hall–Kier alpha value is -1.71. The van der Waals surface area contributed by atoms with Crippen LogP contribution in [0.4, 0.5) is 14.5 Å². The van der Waals surface area contributed by atoms with Gasteiger partial charge in [0.15, 0.2) is 5.82 Å². The Labute approximate surface area is 92.3 Å². The summed E-state index contributed by atoms with van der Waals surface area (Å²) < 4.78 is 26.7. The minimum Gasteiger partial charge on any atom is -0.387 e. The first-order valence-electron chi connectivity index (χ1n) is 4.98. The summed E-state index contributed by atoms with van der Waals surface area (Å²) in [6.45, 7) is 3.68. The molecule has 0 saturated heterocycles. The molecule has 4 heteroatoms. The Morgan fingerprint density at radius 1 is 1.19 bits per heavy atom. The second kappa shape index (κ2) is 3.70. The van der Waals surface area contributed by atoms with Crippen molar-refractivity contribution in [2.75, 3.05) is 12.4 Å². The largest absolute Gasteiger partial charge is 0.387 e. The molecule has 2 aromatic rings. The molecule has 0 fully saturated rings. The van der Waals surface area contributed by atoms with Crippen LogP contribution in [-0.4, -0.2) is 12.0 Å². The molecule has 2 nitrogen and oxygen atoms in total. The lowest BCUT2D eigenvalue weighted by molar-refractivity contribution is 0.590. The molecule has 0 unspecified atom stereocenters. The van der Waals surface area contributed by atoms with Crippen molar-refractivity contribution in [3.8, 4) is 0 Å². The molecule has 1 heterocycles. The summed E-state index contributed by atoms with van der Waals surface area (Å²) in [6.07, 6.45) is 0. The van der Waals surface area contributed by atoms with Crippen molar-refractivity contribution in [3.63, 3.8) is 0 Å². The van der Waals surface area contributed by atoms with Crippen molar-refractivity contribution in [1.29, 1.82) is 0 Å². The van der Waals surface area contributed by atoms with Gasteiger partial charge in [-0.05, 0) is 25.5 Å². The lowest BCUT2D eigenvalue weighted by Gasteiger charge is -2.12. The smallest absolute Gasteiger partial charge is 0.152 e. The molecule has 0 amide bonds. The van der Waals surface area contributed by atoms with E-state index in [9.17, 15) is 8.78 Å². The molecule has 0 radical (unpaired) electrons. The van der Waals surface area contributed by atoms with Gasteiger partial charge in [-0.15, -0.1) is 0 Å². The number of fused-ring (bicyclic) bond motifs is 1. The molecular weight excluding hydrogens is 210 g/mol. The van der Waals surface area contributed by atoms with Gasteiger partial charge in [-0.25, -0.2) is 13.8 Å². The normalized spacial score (nSPS) is 10.8. The second-order valence-corrected chi connectivity index (χ2v) is 3.73. The van der Waals surface area contributed by atoms with Crippen LogP contribution in [0, 0.1) is 25.5 Å².